The molecule has 0 bridgehead atoms. The van der Waals surface area contributed by atoms with Gasteiger partial charge in [0.15, 0.2) is 5.65 Å². The van der Waals surface area contributed by atoms with E-state index in [-0.39, 0.29) is 5.91 Å². The molecule has 0 N–H and O–H groups in total. The number of carbonyl (C=O) groups is 1. The van der Waals surface area contributed by atoms with Crippen LogP contribution in [-0.4, -0.2) is 38.4 Å². The second-order valence-electron chi connectivity index (χ2n) is 8.24. The van der Waals surface area contributed by atoms with E-state index in [4.69, 9.17) is 4.98 Å². The maximum Gasteiger partial charge on any atom is 0.226 e. The van der Waals surface area contributed by atoms with Gasteiger partial charge in [0.25, 0.3) is 0 Å². The molecule has 1 unspecified atom stereocenters. The zero-order valence-electron chi connectivity index (χ0n) is 16.7. The third-order valence-electron chi connectivity index (χ3n) is 5.44. The molecule has 1 aliphatic rings. The fourth-order valence-electron chi connectivity index (χ4n) is 4.08. The predicted molar refractivity (Wildman–Crippen MR) is 111 cm³/mol. The molecule has 5 nitrogen and oxygen atoms in total. The van der Waals surface area contributed by atoms with Crippen molar-refractivity contribution in [2.45, 2.75) is 39.7 Å². The average molecular weight is 377 g/mol. The number of fused-ring (bicyclic) bond motifs is 1. The Morgan fingerprint density at radius 3 is 2.79 bits per heavy atom. The summed E-state index contributed by atoms with van der Waals surface area (Å²) in [6, 6.07) is 14.0. The van der Waals surface area contributed by atoms with Crippen molar-refractivity contribution in [1.29, 1.82) is 0 Å². The zero-order chi connectivity index (χ0) is 19.5. The molecule has 28 heavy (non-hydrogen) atoms. The minimum atomic E-state index is 0.228. The van der Waals surface area contributed by atoms with Crippen LogP contribution < -0.4 is 0 Å². The van der Waals surface area contributed by atoms with E-state index in [1.54, 1.807) is 0 Å². The summed E-state index contributed by atoms with van der Waals surface area (Å²) in [5, 5.41) is 0. The zero-order valence-corrected chi connectivity index (χ0v) is 16.7. The average Bonchev–Trinajstić information content (AvgIpc) is 3.28. The number of likely N-dealkylation sites (tertiary alicyclic amines) is 1. The van der Waals surface area contributed by atoms with Gasteiger partial charge in [0.05, 0.1) is 6.42 Å². The number of aromatic nitrogens is 3. The first-order chi connectivity index (χ1) is 13.6. The lowest BCUT2D eigenvalue weighted by Crippen LogP contribution is -2.30. The lowest BCUT2D eigenvalue weighted by Gasteiger charge is -2.17. The highest BCUT2D eigenvalue weighted by Crippen LogP contribution is 2.24. The van der Waals surface area contributed by atoms with Crippen molar-refractivity contribution in [3.05, 3.63) is 60.0 Å². The molecule has 0 spiro atoms. The standard InChI is InChI=1S/C23H28N4O/c1-17(2)15-27-21(25-20-9-6-11-24-23(20)27)13-19-10-12-26(16-19)22(28)14-18-7-4-3-5-8-18/h3-9,11,17,19H,10,12-16H2,1-2H3. The molecule has 1 atom stereocenters. The topological polar surface area (TPSA) is 51.0 Å². The van der Waals surface area contributed by atoms with Crippen LogP contribution in [0.1, 0.15) is 31.7 Å². The number of pyridine rings is 1. The fraction of sp³-hybridized carbons (Fsp3) is 0.435. The van der Waals surface area contributed by atoms with Gasteiger partial charge in [-0.05, 0) is 36.0 Å². The third-order valence-corrected chi connectivity index (χ3v) is 5.44. The summed E-state index contributed by atoms with van der Waals surface area (Å²) in [5.41, 5.74) is 3.02. The summed E-state index contributed by atoms with van der Waals surface area (Å²) in [4.78, 5) is 24.1. The molecule has 1 aromatic carbocycles. The molecule has 146 valence electrons. The molecule has 0 radical (unpaired) electrons. The summed E-state index contributed by atoms with van der Waals surface area (Å²) in [6.45, 7) is 7.03. The molecule has 2 aromatic heterocycles. The number of imidazole rings is 1. The Morgan fingerprint density at radius 1 is 1.18 bits per heavy atom. The Kier molecular flexibility index (Phi) is 5.42. The Bertz CT molecular complexity index is 948. The molecule has 1 fully saturated rings. The first-order valence-corrected chi connectivity index (χ1v) is 10.2. The van der Waals surface area contributed by atoms with Crippen LogP contribution in [0.5, 0.6) is 0 Å². The summed E-state index contributed by atoms with van der Waals surface area (Å²) in [5.74, 6) is 2.32. The van der Waals surface area contributed by atoms with E-state index in [0.29, 0.717) is 18.3 Å². The van der Waals surface area contributed by atoms with Gasteiger partial charge in [-0.3, -0.25) is 4.79 Å². The number of carbonyl (C=O) groups excluding carboxylic acids is 1. The summed E-state index contributed by atoms with van der Waals surface area (Å²) >= 11 is 0. The molecule has 1 aliphatic heterocycles. The molecule has 3 heterocycles. The Balaban J connectivity index is 1.45. The number of amides is 1. The first-order valence-electron chi connectivity index (χ1n) is 10.2. The van der Waals surface area contributed by atoms with E-state index in [2.05, 4.69) is 23.4 Å². The maximum atomic E-state index is 12.7. The molecule has 4 rings (SSSR count). The molecule has 1 saturated heterocycles. The van der Waals surface area contributed by atoms with Crippen LogP contribution in [0.3, 0.4) is 0 Å². The van der Waals surface area contributed by atoms with Crippen LogP contribution in [-0.2, 0) is 24.2 Å². The lowest BCUT2D eigenvalue weighted by molar-refractivity contribution is -0.129. The number of hydrogen-bond acceptors (Lipinski definition) is 3. The smallest absolute Gasteiger partial charge is 0.226 e. The second kappa shape index (κ2) is 8.13. The van der Waals surface area contributed by atoms with Crippen LogP contribution >= 0.6 is 0 Å². The third kappa shape index (κ3) is 4.08. The molecular weight excluding hydrogens is 348 g/mol. The molecule has 0 aliphatic carbocycles. The fourth-order valence-corrected chi connectivity index (χ4v) is 4.08. The molecular formula is C23H28N4O. The van der Waals surface area contributed by atoms with Crippen LogP contribution in [0, 0.1) is 11.8 Å². The minimum Gasteiger partial charge on any atom is -0.342 e. The number of hydrogen-bond donors (Lipinski definition) is 0. The summed E-state index contributed by atoms with van der Waals surface area (Å²) in [6.07, 6.45) is 4.27. The van der Waals surface area contributed by atoms with E-state index in [0.717, 1.165) is 55.0 Å². The van der Waals surface area contributed by atoms with E-state index in [9.17, 15) is 4.79 Å². The monoisotopic (exact) mass is 376 g/mol. The van der Waals surface area contributed by atoms with E-state index >= 15 is 0 Å². The van der Waals surface area contributed by atoms with Crippen LogP contribution in [0.2, 0.25) is 0 Å². The number of nitrogens with zero attached hydrogens (tertiary/aromatic N) is 4. The summed E-state index contributed by atoms with van der Waals surface area (Å²) < 4.78 is 2.27. The van der Waals surface area contributed by atoms with Gasteiger partial charge in [-0.1, -0.05) is 44.2 Å². The molecule has 5 heteroatoms. The second-order valence-corrected chi connectivity index (χ2v) is 8.24. The van der Waals surface area contributed by atoms with Gasteiger partial charge in [0.1, 0.15) is 11.3 Å². The Morgan fingerprint density at radius 2 is 2.00 bits per heavy atom. The quantitative estimate of drug-likeness (QED) is 0.659. The normalized spacial score (nSPS) is 17.0. The van der Waals surface area contributed by atoms with Crippen molar-refractivity contribution < 1.29 is 4.79 Å². The molecule has 1 amide bonds. The number of benzene rings is 1. The van der Waals surface area contributed by atoms with E-state index in [1.807, 2.05) is 53.6 Å². The molecule has 0 saturated carbocycles. The van der Waals surface area contributed by atoms with Gasteiger partial charge in [-0.15, -0.1) is 0 Å². The van der Waals surface area contributed by atoms with Crippen molar-refractivity contribution in [3.8, 4) is 0 Å². The van der Waals surface area contributed by atoms with Crippen molar-refractivity contribution in [3.63, 3.8) is 0 Å². The van der Waals surface area contributed by atoms with Gasteiger partial charge in [0.2, 0.25) is 5.91 Å². The van der Waals surface area contributed by atoms with Crippen molar-refractivity contribution in [2.75, 3.05) is 13.1 Å². The highest BCUT2D eigenvalue weighted by Gasteiger charge is 2.28. The predicted octanol–water partition coefficient (Wildman–Crippen LogP) is 3.72. The van der Waals surface area contributed by atoms with Crippen LogP contribution in [0.25, 0.3) is 11.2 Å². The van der Waals surface area contributed by atoms with Gasteiger partial charge < -0.3 is 9.47 Å². The van der Waals surface area contributed by atoms with E-state index < -0.39 is 0 Å². The van der Waals surface area contributed by atoms with Crippen molar-refractivity contribution >= 4 is 17.1 Å². The van der Waals surface area contributed by atoms with Gasteiger partial charge >= 0.3 is 0 Å². The van der Waals surface area contributed by atoms with Gasteiger partial charge in [-0.2, -0.15) is 0 Å². The number of rotatable bonds is 6. The maximum absolute atomic E-state index is 12.7. The Labute approximate surface area is 166 Å². The van der Waals surface area contributed by atoms with Gasteiger partial charge in [0, 0.05) is 32.3 Å². The first kappa shape index (κ1) is 18.7. The SMILES string of the molecule is CC(C)Cn1c(CC2CCN(C(=O)Cc3ccccc3)C2)nc2cccnc21. The Hall–Kier alpha value is -2.69. The molecule has 3 aromatic rings. The van der Waals surface area contributed by atoms with Crippen molar-refractivity contribution in [1.82, 2.24) is 19.4 Å². The largest absolute Gasteiger partial charge is 0.342 e. The van der Waals surface area contributed by atoms with Gasteiger partial charge in [-0.25, -0.2) is 9.97 Å². The van der Waals surface area contributed by atoms with Crippen molar-refractivity contribution in [2.24, 2.45) is 11.8 Å². The summed E-state index contributed by atoms with van der Waals surface area (Å²) in [7, 11) is 0. The van der Waals surface area contributed by atoms with E-state index in [1.165, 1.54) is 0 Å². The van der Waals surface area contributed by atoms with Crippen LogP contribution in [0.15, 0.2) is 48.7 Å². The lowest BCUT2D eigenvalue weighted by atomic mass is 10.0. The highest BCUT2D eigenvalue weighted by atomic mass is 16.2. The highest BCUT2D eigenvalue weighted by molar-refractivity contribution is 5.79. The van der Waals surface area contributed by atoms with Crippen LogP contribution in [0.4, 0.5) is 0 Å². The minimum absolute atomic E-state index is 0.228.